The lowest BCUT2D eigenvalue weighted by molar-refractivity contribution is 0.102. The van der Waals surface area contributed by atoms with E-state index in [1.54, 1.807) is 12.1 Å². The Bertz CT molecular complexity index is 1030. The summed E-state index contributed by atoms with van der Waals surface area (Å²) in [6.45, 7) is 0. The first kappa shape index (κ1) is 17.0. The molecule has 1 amide bonds. The molecule has 25 heavy (non-hydrogen) atoms. The van der Waals surface area contributed by atoms with E-state index in [0.29, 0.717) is 16.6 Å². The number of aromatic hydroxyl groups is 1. The molecule has 1 aromatic heterocycles. The Morgan fingerprint density at radius 2 is 1.88 bits per heavy atom. The van der Waals surface area contributed by atoms with Gasteiger partial charge in [-0.3, -0.25) is 9.59 Å². The monoisotopic (exact) mass is 358 g/mol. The summed E-state index contributed by atoms with van der Waals surface area (Å²) in [5.41, 5.74) is -0.108. The van der Waals surface area contributed by atoms with Gasteiger partial charge in [-0.25, -0.2) is 4.39 Å². The normalized spacial score (nSPS) is 10.8. The van der Waals surface area contributed by atoms with E-state index < -0.39 is 17.3 Å². The Morgan fingerprint density at radius 3 is 2.52 bits per heavy atom. The van der Waals surface area contributed by atoms with Crippen molar-refractivity contribution in [1.29, 1.82) is 0 Å². The molecule has 0 atom stereocenters. The maximum Gasteiger partial charge on any atom is 0.267 e. The van der Waals surface area contributed by atoms with Gasteiger partial charge in [-0.1, -0.05) is 0 Å². The molecule has 0 saturated heterocycles. The molecule has 0 aliphatic carbocycles. The van der Waals surface area contributed by atoms with Crippen LogP contribution in [0.3, 0.4) is 0 Å². The Balaban J connectivity index is 2.13. The summed E-state index contributed by atoms with van der Waals surface area (Å²) in [4.78, 5) is 25.9. The smallest absolute Gasteiger partial charge is 0.267 e. The first-order valence-corrected chi connectivity index (χ1v) is 8.61. The van der Waals surface area contributed by atoms with Crippen molar-refractivity contribution < 1.29 is 14.3 Å². The van der Waals surface area contributed by atoms with Crippen molar-refractivity contribution >= 4 is 34.3 Å². The number of hydrogen-bond donors (Lipinski definition) is 2. The lowest BCUT2D eigenvalue weighted by atomic mass is 10.1. The van der Waals surface area contributed by atoms with Crippen LogP contribution < -0.4 is 10.9 Å². The molecule has 0 saturated carbocycles. The van der Waals surface area contributed by atoms with Crippen molar-refractivity contribution in [3.8, 4) is 5.75 Å². The number of nitrogens with one attached hydrogen (secondary N) is 1. The van der Waals surface area contributed by atoms with Gasteiger partial charge in [-0.05, 0) is 48.7 Å². The summed E-state index contributed by atoms with van der Waals surface area (Å²) in [7, 11) is 1.54. The first-order chi connectivity index (χ1) is 11.9. The molecule has 0 spiro atoms. The number of fused-ring (bicyclic) bond motifs is 1. The van der Waals surface area contributed by atoms with Crippen molar-refractivity contribution in [2.75, 3.05) is 11.6 Å². The quantitative estimate of drug-likeness (QED) is 0.705. The lowest BCUT2D eigenvalue weighted by Gasteiger charge is -2.13. The number of nitrogens with zero attached hydrogens (tertiary/aromatic N) is 1. The van der Waals surface area contributed by atoms with Crippen LogP contribution in [0, 0.1) is 5.82 Å². The number of pyridine rings is 1. The first-order valence-electron chi connectivity index (χ1n) is 7.39. The van der Waals surface area contributed by atoms with Gasteiger partial charge in [0.2, 0.25) is 0 Å². The number of anilines is 1. The molecule has 5 nitrogen and oxygen atoms in total. The van der Waals surface area contributed by atoms with E-state index in [1.807, 2.05) is 12.3 Å². The highest BCUT2D eigenvalue weighted by molar-refractivity contribution is 7.98. The van der Waals surface area contributed by atoms with Gasteiger partial charge in [0.25, 0.3) is 11.5 Å². The molecular formula is C18H15FN2O3S. The van der Waals surface area contributed by atoms with Crippen molar-refractivity contribution in [1.82, 2.24) is 4.57 Å². The number of rotatable bonds is 3. The van der Waals surface area contributed by atoms with E-state index in [0.717, 1.165) is 4.90 Å². The van der Waals surface area contributed by atoms with Crippen LogP contribution >= 0.6 is 11.8 Å². The van der Waals surface area contributed by atoms with Crippen LogP contribution in [-0.2, 0) is 7.05 Å². The Labute approximate surface area is 147 Å². The molecule has 2 N–H and O–H groups in total. The molecule has 0 aliphatic heterocycles. The number of halogens is 1. The fourth-order valence-electron chi connectivity index (χ4n) is 2.57. The molecule has 1 heterocycles. The summed E-state index contributed by atoms with van der Waals surface area (Å²) in [5, 5.41) is 13.4. The van der Waals surface area contributed by atoms with E-state index in [2.05, 4.69) is 5.32 Å². The number of carbonyl (C=O) groups is 1. The predicted octanol–water partition coefficient (Wildman–Crippen LogP) is 3.36. The van der Waals surface area contributed by atoms with Crippen molar-refractivity contribution in [3.05, 3.63) is 64.2 Å². The predicted molar refractivity (Wildman–Crippen MR) is 97.0 cm³/mol. The van der Waals surface area contributed by atoms with Gasteiger partial charge in [0, 0.05) is 23.0 Å². The van der Waals surface area contributed by atoms with Gasteiger partial charge in [-0.15, -0.1) is 11.8 Å². The van der Waals surface area contributed by atoms with E-state index in [1.165, 1.54) is 47.6 Å². The van der Waals surface area contributed by atoms with E-state index in [4.69, 9.17) is 0 Å². The minimum absolute atomic E-state index is 0.325. The van der Waals surface area contributed by atoms with Crippen molar-refractivity contribution in [3.63, 3.8) is 0 Å². The van der Waals surface area contributed by atoms with E-state index in [9.17, 15) is 19.1 Å². The summed E-state index contributed by atoms with van der Waals surface area (Å²) in [5.74, 6) is -1.55. The van der Waals surface area contributed by atoms with Crippen LogP contribution in [0.15, 0.2) is 52.2 Å². The third-order valence-electron chi connectivity index (χ3n) is 3.90. The molecule has 2 aromatic carbocycles. The van der Waals surface area contributed by atoms with E-state index in [-0.39, 0.29) is 11.3 Å². The summed E-state index contributed by atoms with van der Waals surface area (Å²) in [6, 6.07) is 10.4. The number of aryl methyl sites for hydroxylation is 1. The molecule has 0 radical (unpaired) electrons. The van der Waals surface area contributed by atoms with Gasteiger partial charge >= 0.3 is 0 Å². The van der Waals surface area contributed by atoms with Crippen LogP contribution in [0.4, 0.5) is 10.1 Å². The number of carbonyl (C=O) groups excluding carboxylic acids is 1. The SMILES string of the molecule is CSc1ccc2c(c1)c(O)c(C(=O)Nc1ccc(F)cc1)c(=O)n2C. The average molecular weight is 358 g/mol. The molecule has 7 heteroatoms. The molecule has 128 valence electrons. The summed E-state index contributed by atoms with van der Waals surface area (Å²) < 4.78 is 14.3. The molecule has 3 rings (SSSR count). The number of hydrogen-bond acceptors (Lipinski definition) is 4. The summed E-state index contributed by atoms with van der Waals surface area (Å²) >= 11 is 1.49. The molecule has 3 aromatic rings. The summed E-state index contributed by atoms with van der Waals surface area (Å²) in [6.07, 6.45) is 1.89. The van der Waals surface area contributed by atoms with Gasteiger partial charge in [0.05, 0.1) is 5.52 Å². The fourth-order valence-corrected chi connectivity index (χ4v) is 3.01. The molecular weight excluding hydrogens is 343 g/mol. The van der Waals surface area contributed by atoms with E-state index >= 15 is 0 Å². The maximum absolute atomic E-state index is 13.0. The Kier molecular flexibility index (Phi) is 4.50. The second kappa shape index (κ2) is 6.60. The van der Waals surface area contributed by atoms with Crippen molar-refractivity contribution in [2.45, 2.75) is 4.90 Å². The van der Waals surface area contributed by atoms with Crippen LogP contribution in [-0.4, -0.2) is 21.8 Å². The second-order valence-electron chi connectivity index (χ2n) is 5.43. The highest BCUT2D eigenvalue weighted by Crippen LogP contribution is 2.30. The topological polar surface area (TPSA) is 71.3 Å². The van der Waals surface area contributed by atoms with Gasteiger partial charge in [0.15, 0.2) is 0 Å². The second-order valence-corrected chi connectivity index (χ2v) is 6.31. The number of aromatic nitrogens is 1. The van der Waals surface area contributed by atoms with Crippen molar-refractivity contribution in [2.24, 2.45) is 7.05 Å². The largest absolute Gasteiger partial charge is 0.506 e. The third kappa shape index (κ3) is 3.10. The zero-order valence-electron chi connectivity index (χ0n) is 13.5. The molecule has 0 bridgehead atoms. The van der Waals surface area contributed by atoms with Crippen LogP contribution in [0.2, 0.25) is 0 Å². The standard InChI is InChI=1S/C18H15FN2O3S/c1-21-14-8-7-12(25-2)9-13(14)16(22)15(18(21)24)17(23)20-11-5-3-10(19)4-6-11/h3-9,22H,1-2H3,(H,20,23). The molecule has 0 unspecified atom stereocenters. The molecule has 0 fully saturated rings. The minimum Gasteiger partial charge on any atom is -0.506 e. The Hall–Kier alpha value is -2.80. The number of benzene rings is 2. The lowest BCUT2D eigenvalue weighted by Crippen LogP contribution is -2.28. The third-order valence-corrected chi connectivity index (χ3v) is 4.63. The minimum atomic E-state index is -0.749. The zero-order chi connectivity index (χ0) is 18.1. The molecule has 0 aliphatic rings. The zero-order valence-corrected chi connectivity index (χ0v) is 14.4. The van der Waals surface area contributed by atoms with Crippen LogP contribution in [0.1, 0.15) is 10.4 Å². The van der Waals surface area contributed by atoms with Gasteiger partial charge in [-0.2, -0.15) is 0 Å². The Morgan fingerprint density at radius 1 is 1.20 bits per heavy atom. The van der Waals surface area contributed by atoms with Crippen LogP contribution in [0.25, 0.3) is 10.9 Å². The number of thioether (sulfide) groups is 1. The number of amides is 1. The highest BCUT2D eigenvalue weighted by Gasteiger charge is 2.21. The fraction of sp³-hybridized carbons (Fsp3) is 0.111. The highest BCUT2D eigenvalue weighted by atomic mass is 32.2. The maximum atomic E-state index is 13.0. The average Bonchev–Trinajstić information content (AvgIpc) is 2.61. The van der Waals surface area contributed by atoms with Gasteiger partial charge < -0.3 is 15.0 Å². The van der Waals surface area contributed by atoms with Crippen LogP contribution in [0.5, 0.6) is 5.75 Å². The van der Waals surface area contributed by atoms with Gasteiger partial charge in [0.1, 0.15) is 17.1 Å².